The second kappa shape index (κ2) is 7.61. The molecule has 0 aromatic heterocycles. The van der Waals surface area contributed by atoms with Crippen LogP contribution in [0.2, 0.25) is 0 Å². The number of benzene rings is 2. The Morgan fingerprint density at radius 1 is 0.931 bits per heavy atom. The summed E-state index contributed by atoms with van der Waals surface area (Å²) in [5.41, 5.74) is 8.93. The molecule has 0 saturated carbocycles. The van der Waals surface area contributed by atoms with E-state index in [2.05, 4.69) is 102 Å². The molecule has 0 fully saturated rings. The van der Waals surface area contributed by atoms with Crippen LogP contribution in [0.4, 0.5) is 0 Å². The van der Waals surface area contributed by atoms with Crippen molar-refractivity contribution in [3.63, 3.8) is 0 Å². The van der Waals surface area contributed by atoms with Crippen LogP contribution in [0.3, 0.4) is 0 Å². The van der Waals surface area contributed by atoms with Gasteiger partial charge in [-0.05, 0) is 0 Å². The summed E-state index contributed by atoms with van der Waals surface area (Å²) >= 11 is 0.0687. The molecule has 0 N–H and O–H groups in total. The second-order valence-corrected chi connectivity index (χ2v) is 32.0. The number of hydrogen-bond acceptors (Lipinski definition) is 0. The van der Waals surface area contributed by atoms with Crippen molar-refractivity contribution in [1.82, 2.24) is 0 Å². The Balaban J connectivity index is 1.61. The van der Waals surface area contributed by atoms with Crippen molar-refractivity contribution in [2.75, 3.05) is 0 Å². The molecule has 2 aliphatic carbocycles. The number of rotatable bonds is 3. The quantitative estimate of drug-likeness (QED) is 0.318. The molecule has 0 saturated heterocycles. The molecule has 0 amide bonds. The molecule has 2 aromatic rings. The Morgan fingerprint density at radius 3 is 2.45 bits per heavy atom. The van der Waals surface area contributed by atoms with E-state index in [1.54, 1.807) is 0 Å². The van der Waals surface area contributed by atoms with Crippen molar-refractivity contribution in [3.05, 3.63) is 97.9 Å². The normalized spacial score (nSPS) is 22.7. The molecular weight excluding hydrogens is 562 g/mol. The van der Waals surface area contributed by atoms with Gasteiger partial charge in [0, 0.05) is 0 Å². The van der Waals surface area contributed by atoms with Gasteiger partial charge in [0.15, 0.2) is 0 Å². The summed E-state index contributed by atoms with van der Waals surface area (Å²) in [5, 5.41) is 2.28. The van der Waals surface area contributed by atoms with Crippen molar-refractivity contribution >= 4 is 51.6 Å². The molecule has 0 spiro atoms. The fourth-order valence-corrected chi connectivity index (χ4v) is 28.8. The summed E-state index contributed by atoms with van der Waals surface area (Å²) in [6.07, 6.45) is 6.82. The Morgan fingerprint density at radius 2 is 1.69 bits per heavy atom. The van der Waals surface area contributed by atoms with Crippen LogP contribution >= 0.6 is 40.2 Å². The second-order valence-electron chi connectivity index (χ2n) is 7.67. The van der Waals surface area contributed by atoms with E-state index in [1.165, 1.54) is 43.9 Å². The maximum absolute atomic E-state index is 7.45. The molecule has 5 rings (SSSR count). The van der Waals surface area contributed by atoms with Crippen LogP contribution in [0.25, 0.3) is 17.2 Å². The zero-order valence-corrected chi connectivity index (χ0v) is 22.4. The van der Waals surface area contributed by atoms with Crippen LogP contribution < -0.4 is 0 Å². The first-order valence-corrected chi connectivity index (χ1v) is 22.3. The zero-order chi connectivity index (χ0) is 20.3. The van der Waals surface area contributed by atoms with Gasteiger partial charge in [-0.2, -0.15) is 0 Å². The summed E-state index contributed by atoms with van der Waals surface area (Å²) in [4.78, 5) is 1.33. The van der Waals surface area contributed by atoms with Gasteiger partial charge in [0.25, 0.3) is 0 Å². The third-order valence-electron chi connectivity index (χ3n) is 5.70. The van der Waals surface area contributed by atoms with Gasteiger partial charge in [0.1, 0.15) is 0 Å². The fraction of sp³-hybridized carbons (Fsp3) is 0.125. The van der Waals surface area contributed by atoms with E-state index in [0.717, 1.165) is 4.48 Å². The SMILES string of the molecule is CC1=CC2=C(Br)C=[S]([Zr]([Cl])([Cl])[CH]3C(C)=Cc4c(-c5ccccc5)cccc43)C2=C1. The van der Waals surface area contributed by atoms with Gasteiger partial charge in [-0.1, -0.05) is 0 Å². The van der Waals surface area contributed by atoms with Crippen LogP contribution in [0, 0.1) is 0 Å². The van der Waals surface area contributed by atoms with Crippen LogP contribution in [-0.4, -0.2) is 5.37 Å². The van der Waals surface area contributed by atoms with Crippen molar-refractivity contribution in [2.45, 2.75) is 17.5 Å². The molecule has 0 bridgehead atoms. The molecule has 0 radical (unpaired) electrons. The van der Waals surface area contributed by atoms with E-state index in [4.69, 9.17) is 17.0 Å². The number of allylic oxidation sites excluding steroid dienone is 6. The van der Waals surface area contributed by atoms with Gasteiger partial charge in [-0.15, -0.1) is 0 Å². The third-order valence-corrected chi connectivity index (χ3v) is 28.8. The minimum absolute atomic E-state index is 0.160. The minimum atomic E-state index is -3.68. The third kappa shape index (κ3) is 3.33. The molecular formula is C24H19BrCl2SZr. The summed E-state index contributed by atoms with van der Waals surface area (Å²) < 4.78 is 1.30. The van der Waals surface area contributed by atoms with Gasteiger partial charge < -0.3 is 0 Å². The summed E-state index contributed by atoms with van der Waals surface area (Å²) in [6.45, 7) is 4.34. The molecule has 1 aliphatic heterocycles. The van der Waals surface area contributed by atoms with E-state index in [9.17, 15) is 0 Å². The Labute approximate surface area is 192 Å². The monoisotopic (exact) mass is 578 g/mol. The van der Waals surface area contributed by atoms with Gasteiger partial charge in [-0.25, -0.2) is 0 Å². The van der Waals surface area contributed by atoms with Gasteiger partial charge in [-0.3, -0.25) is 0 Å². The summed E-state index contributed by atoms with van der Waals surface area (Å²) in [7, 11) is 14.7. The van der Waals surface area contributed by atoms with E-state index in [1.807, 2.05) is 0 Å². The average Bonchev–Trinajstić information content (AvgIpc) is 3.33. The Kier molecular flexibility index (Phi) is 5.37. The number of fused-ring (bicyclic) bond motifs is 2. The predicted octanol–water partition coefficient (Wildman–Crippen LogP) is 8.77. The van der Waals surface area contributed by atoms with Crippen molar-refractivity contribution in [1.29, 1.82) is 0 Å². The molecule has 2 atom stereocenters. The van der Waals surface area contributed by atoms with Crippen molar-refractivity contribution < 1.29 is 16.4 Å². The van der Waals surface area contributed by atoms with Gasteiger partial charge >= 0.3 is 195 Å². The summed E-state index contributed by atoms with van der Waals surface area (Å²) in [5.74, 6) is 0. The van der Waals surface area contributed by atoms with Crippen LogP contribution in [0.5, 0.6) is 0 Å². The first-order chi connectivity index (χ1) is 13.9. The molecule has 146 valence electrons. The average molecular weight is 582 g/mol. The Bertz CT molecular complexity index is 1200. The maximum atomic E-state index is 7.45. The van der Waals surface area contributed by atoms with Crippen LogP contribution in [0.15, 0.2) is 86.8 Å². The van der Waals surface area contributed by atoms with Gasteiger partial charge in [0.05, 0.1) is 0 Å². The predicted molar refractivity (Wildman–Crippen MR) is 131 cm³/mol. The topological polar surface area (TPSA) is 0 Å². The molecule has 2 unspecified atom stereocenters. The molecule has 29 heavy (non-hydrogen) atoms. The Hall–Kier alpha value is -0.437. The zero-order valence-electron chi connectivity index (χ0n) is 16.0. The summed E-state index contributed by atoms with van der Waals surface area (Å²) in [6, 6.07) is 17.2. The van der Waals surface area contributed by atoms with E-state index in [-0.39, 0.29) is 10.9 Å². The number of hydrogen-bond donors (Lipinski definition) is 0. The number of halogens is 3. The standard InChI is InChI=1S/C16H13.C8H6BrS.2ClH.Zr/c1-12-10-14-8-5-9-15(16(14)11-12)13-6-3-2-4-7-13;1-5-2-6-7(9)4-10-8(6)3-5;;;/h2-11H,1H3;2-4H,1H3;2*1H;/q;+1;;;+1/p-2. The van der Waals surface area contributed by atoms with Crippen molar-refractivity contribution in [2.24, 2.45) is 0 Å². The molecule has 1 heterocycles. The molecule has 0 nitrogen and oxygen atoms in total. The van der Waals surface area contributed by atoms with Gasteiger partial charge in [0.2, 0.25) is 0 Å². The van der Waals surface area contributed by atoms with Crippen molar-refractivity contribution in [3.8, 4) is 11.1 Å². The van der Waals surface area contributed by atoms with E-state index < -0.39 is 16.4 Å². The van der Waals surface area contributed by atoms with Crippen LogP contribution in [0.1, 0.15) is 28.6 Å². The van der Waals surface area contributed by atoms with Crippen LogP contribution in [-0.2, 0) is 16.4 Å². The molecule has 3 aliphatic rings. The molecule has 2 aromatic carbocycles. The van der Waals surface area contributed by atoms with E-state index >= 15 is 0 Å². The first kappa shape index (κ1) is 20.5. The first-order valence-electron chi connectivity index (χ1n) is 9.50. The fourth-order valence-electron chi connectivity index (χ4n) is 4.44. The molecule has 5 heteroatoms. The van der Waals surface area contributed by atoms with E-state index in [0.29, 0.717) is 0 Å².